The largest absolute Gasteiger partial charge is 0.451 e. The lowest BCUT2D eigenvalue weighted by atomic mass is 10.2. The molecule has 7 nitrogen and oxygen atoms in total. The average Bonchev–Trinajstić information content (AvgIpc) is 3.27. The second kappa shape index (κ2) is 10.7. The van der Waals surface area contributed by atoms with E-state index < -0.39 is 18.5 Å². The molecule has 0 spiro atoms. The van der Waals surface area contributed by atoms with Crippen LogP contribution in [0.1, 0.15) is 22.5 Å². The first-order chi connectivity index (χ1) is 14.7. The Morgan fingerprint density at radius 3 is 2.50 bits per heavy atom. The smallest absolute Gasteiger partial charge is 0.358 e. The van der Waals surface area contributed by atoms with Crippen molar-refractivity contribution in [3.63, 3.8) is 0 Å². The fraction of sp³-hybridized carbons (Fsp3) is 0.182. The molecule has 152 valence electrons. The third-order valence-electron chi connectivity index (χ3n) is 4.14. The van der Waals surface area contributed by atoms with E-state index >= 15 is 0 Å². The molecule has 0 saturated heterocycles. The van der Waals surface area contributed by atoms with E-state index in [9.17, 15) is 9.59 Å². The monoisotopic (exact) mass is 420 g/mol. The molecule has 0 radical (unpaired) electrons. The summed E-state index contributed by atoms with van der Waals surface area (Å²) in [6.45, 7) is 0.386. The lowest BCUT2D eigenvalue weighted by molar-refractivity contribution is -0.121. The van der Waals surface area contributed by atoms with Gasteiger partial charge in [-0.05, 0) is 17.7 Å². The number of anilines is 2. The zero-order valence-corrected chi connectivity index (χ0v) is 17.0. The maximum Gasteiger partial charge on any atom is 0.358 e. The van der Waals surface area contributed by atoms with Gasteiger partial charge in [-0.15, -0.1) is 11.3 Å². The lowest BCUT2D eigenvalue weighted by Crippen LogP contribution is -2.35. The second-order valence-electron chi connectivity index (χ2n) is 6.24. The van der Waals surface area contributed by atoms with Crippen LogP contribution in [0, 0.1) is 11.3 Å². The summed E-state index contributed by atoms with van der Waals surface area (Å²) >= 11 is 1.29. The van der Waals surface area contributed by atoms with Crippen molar-refractivity contribution in [2.45, 2.75) is 13.0 Å². The van der Waals surface area contributed by atoms with Crippen molar-refractivity contribution in [3.8, 4) is 6.07 Å². The van der Waals surface area contributed by atoms with Crippen LogP contribution in [-0.4, -0.2) is 30.0 Å². The molecule has 0 aliphatic carbocycles. The van der Waals surface area contributed by atoms with Crippen LogP contribution in [0.2, 0.25) is 0 Å². The van der Waals surface area contributed by atoms with Gasteiger partial charge in [0, 0.05) is 24.2 Å². The molecule has 0 atom stereocenters. The molecule has 0 bridgehead atoms. The summed E-state index contributed by atoms with van der Waals surface area (Å²) in [6, 6.07) is 20.8. The maximum absolute atomic E-state index is 12.6. The number of hydrogen-bond acceptors (Lipinski definition) is 7. The summed E-state index contributed by atoms with van der Waals surface area (Å²) in [7, 11) is 0. The highest BCUT2D eigenvalue weighted by atomic mass is 32.1. The van der Waals surface area contributed by atoms with Gasteiger partial charge in [0.25, 0.3) is 5.91 Å². The van der Waals surface area contributed by atoms with Gasteiger partial charge in [-0.1, -0.05) is 48.5 Å². The molecule has 1 aromatic heterocycles. The summed E-state index contributed by atoms with van der Waals surface area (Å²) < 4.78 is 5.15. The van der Waals surface area contributed by atoms with E-state index in [0.29, 0.717) is 17.4 Å². The van der Waals surface area contributed by atoms with Crippen molar-refractivity contribution in [3.05, 3.63) is 77.3 Å². The first-order valence-corrected chi connectivity index (χ1v) is 10.2. The number of carbonyl (C=O) groups is 2. The standard InChI is InChI=1S/C22H20N4O3S/c23-12-7-13-26(18-10-5-2-6-11-18)20(27)15-29-21(28)19-16-30-22(25-19)24-14-17-8-3-1-4-9-17/h1-6,8-11,16H,7,13-15H2,(H,24,25). The lowest BCUT2D eigenvalue weighted by Gasteiger charge is -2.21. The minimum atomic E-state index is -0.666. The molecule has 0 aliphatic heterocycles. The van der Waals surface area contributed by atoms with E-state index in [-0.39, 0.29) is 18.7 Å². The molecule has 1 amide bonds. The van der Waals surface area contributed by atoms with Gasteiger partial charge in [-0.2, -0.15) is 5.26 Å². The van der Waals surface area contributed by atoms with E-state index in [1.165, 1.54) is 16.2 Å². The Hall–Kier alpha value is -3.70. The van der Waals surface area contributed by atoms with Crippen molar-refractivity contribution in [1.29, 1.82) is 5.26 Å². The van der Waals surface area contributed by atoms with Crippen LogP contribution in [0.5, 0.6) is 0 Å². The minimum absolute atomic E-state index is 0.145. The Labute approximate surface area is 178 Å². The number of esters is 1. The number of hydrogen-bond donors (Lipinski definition) is 1. The molecular weight excluding hydrogens is 400 g/mol. The maximum atomic E-state index is 12.6. The van der Waals surface area contributed by atoms with Crippen molar-refractivity contribution >= 4 is 34.0 Å². The third-order valence-corrected chi connectivity index (χ3v) is 4.94. The number of ether oxygens (including phenoxy) is 1. The van der Waals surface area contributed by atoms with Crippen LogP contribution in [0.4, 0.5) is 10.8 Å². The zero-order chi connectivity index (χ0) is 21.2. The Bertz CT molecular complexity index is 1020. The van der Waals surface area contributed by atoms with E-state index in [1.54, 1.807) is 29.6 Å². The predicted molar refractivity (Wildman–Crippen MR) is 115 cm³/mol. The quantitative estimate of drug-likeness (QED) is 0.528. The third kappa shape index (κ3) is 5.90. The highest BCUT2D eigenvalue weighted by Crippen LogP contribution is 2.18. The highest BCUT2D eigenvalue weighted by molar-refractivity contribution is 7.13. The molecule has 0 unspecified atom stereocenters. The van der Waals surface area contributed by atoms with Crippen LogP contribution in [0.3, 0.4) is 0 Å². The van der Waals surface area contributed by atoms with Gasteiger partial charge in [-0.3, -0.25) is 4.79 Å². The number of amides is 1. The summed E-state index contributed by atoms with van der Waals surface area (Å²) in [5.41, 5.74) is 1.89. The van der Waals surface area contributed by atoms with Crippen LogP contribution in [-0.2, 0) is 16.1 Å². The molecule has 0 fully saturated rings. The molecule has 0 aliphatic rings. The Balaban J connectivity index is 1.54. The number of nitriles is 1. The molecule has 3 aromatic rings. The molecule has 0 saturated carbocycles. The number of nitrogens with zero attached hydrogens (tertiary/aromatic N) is 3. The van der Waals surface area contributed by atoms with Gasteiger partial charge >= 0.3 is 5.97 Å². The summed E-state index contributed by atoms with van der Waals surface area (Å²) in [5.74, 6) is -1.07. The van der Waals surface area contributed by atoms with Gasteiger partial charge in [0.1, 0.15) is 0 Å². The van der Waals surface area contributed by atoms with E-state index in [2.05, 4.69) is 10.3 Å². The fourth-order valence-corrected chi connectivity index (χ4v) is 3.35. The minimum Gasteiger partial charge on any atom is -0.451 e. The molecule has 1 heterocycles. The number of carbonyl (C=O) groups excluding carboxylic acids is 2. The van der Waals surface area contributed by atoms with Crippen molar-refractivity contribution in [2.75, 3.05) is 23.4 Å². The predicted octanol–water partition coefficient (Wildman–Crippen LogP) is 3.86. The number of benzene rings is 2. The Kier molecular flexibility index (Phi) is 7.52. The molecule has 2 aromatic carbocycles. The number of para-hydroxylation sites is 1. The van der Waals surface area contributed by atoms with E-state index in [0.717, 1.165) is 5.56 Å². The van der Waals surface area contributed by atoms with Gasteiger partial charge in [0.05, 0.1) is 12.5 Å². The van der Waals surface area contributed by atoms with E-state index in [1.807, 2.05) is 42.5 Å². The highest BCUT2D eigenvalue weighted by Gasteiger charge is 2.19. The van der Waals surface area contributed by atoms with Crippen LogP contribution >= 0.6 is 11.3 Å². The number of rotatable bonds is 9. The molecule has 1 N–H and O–H groups in total. The number of aromatic nitrogens is 1. The van der Waals surface area contributed by atoms with Crippen LogP contribution < -0.4 is 10.2 Å². The van der Waals surface area contributed by atoms with Crippen LogP contribution in [0.25, 0.3) is 0 Å². The summed E-state index contributed by atoms with van der Waals surface area (Å²) in [6.07, 6.45) is 0.178. The first kappa shape index (κ1) is 21.0. The SMILES string of the molecule is N#CCCN(C(=O)COC(=O)c1csc(NCc2ccccc2)n1)c1ccccc1. The second-order valence-corrected chi connectivity index (χ2v) is 7.10. The average molecular weight is 420 g/mol. The summed E-state index contributed by atoms with van der Waals surface area (Å²) in [5, 5.41) is 14.2. The Morgan fingerprint density at radius 1 is 1.10 bits per heavy atom. The van der Waals surface area contributed by atoms with Gasteiger partial charge in [0.15, 0.2) is 17.4 Å². The topological polar surface area (TPSA) is 95.3 Å². The molecule has 30 heavy (non-hydrogen) atoms. The fourth-order valence-electron chi connectivity index (χ4n) is 2.67. The normalized spacial score (nSPS) is 10.1. The van der Waals surface area contributed by atoms with Crippen LogP contribution in [0.15, 0.2) is 66.0 Å². The Morgan fingerprint density at radius 2 is 1.80 bits per heavy atom. The zero-order valence-electron chi connectivity index (χ0n) is 16.2. The molecule has 3 rings (SSSR count). The van der Waals surface area contributed by atoms with Gasteiger partial charge in [-0.25, -0.2) is 9.78 Å². The number of thiazole rings is 1. The molecule has 8 heteroatoms. The molecular formula is C22H20N4O3S. The van der Waals surface area contributed by atoms with Crippen molar-refractivity contribution < 1.29 is 14.3 Å². The number of nitrogens with one attached hydrogen (secondary N) is 1. The van der Waals surface area contributed by atoms with Crippen molar-refractivity contribution in [2.24, 2.45) is 0 Å². The first-order valence-electron chi connectivity index (χ1n) is 9.30. The van der Waals surface area contributed by atoms with Gasteiger partial charge in [0.2, 0.25) is 0 Å². The van der Waals surface area contributed by atoms with Gasteiger partial charge < -0.3 is 15.0 Å². The van der Waals surface area contributed by atoms with E-state index in [4.69, 9.17) is 10.00 Å². The van der Waals surface area contributed by atoms with Crippen molar-refractivity contribution in [1.82, 2.24) is 4.98 Å². The summed E-state index contributed by atoms with van der Waals surface area (Å²) in [4.78, 5) is 30.5.